The average Bonchev–Trinajstić information content (AvgIpc) is 2.78. The maximum absolute atomic E-state index is 12.0. The molecule has 3 N–H and O–H groups in total. The molecule has 0 saturated carbocycles. The highest BCUT2D eigenvalue weighted by atomic mass is 19.4. The van der Waals surface area contributed by atoms with Gasteiger partial charge in [0.15, 0.2) is 0 Å². The third kappa shape index (κ3) is 4.12. The molecule has 1 heterocycles. The molecule has 1 aromatic carbocycles. The predicted octanol–water partition coefficient (Wildman–Crippen LogP) is 2.21. The van der Waals surface area contributed by atoms with E-state index in [4.69, 9.17) is 10.2 Å². The second-order valence-corrected chi connectivity index (χ2v) is 3.74. The van der Waals surface area contributed by atoms with Crippen molar-refractivity contribution in [1.29, 1.82) is 0 Å². The number of hydrogen-bond acceptors (Lipinski definition) is 6. The van der Waals surface area contributed by atoms with E-state index in [2.05, 4.69) is 20.3 Å². The number of alkyl halides is 3. The smallest absolute Gasteiger partial charge is 0.408 e. The van der Waals surface area contributed by atoms with Crippen LogP contribution in [0.2, 0.25) is 0 Å². The van der Waals surface area contributed by atoms with E-state index in [1.54, 1.807) is 0 Å². The Morgan fingerprint density at radius 2 is 1.90 bits per heavy atom. The number of ether oxygens (including phenoxy) is 1. The number of halogens is 3. The van der Waals surface area contributed by atoms with Crippen molar-refractivity contribution in [2.75, 3.05) is 11.9 Å². The first-order valence-corrected chi connectivity index (χ1v) is 5.61. The second-order valence-electron chi connectivity index (χ2n) is 3.74. The molecule has 0 aliphatic heterocycles. The Hall–Kier alpha value is -2.29. The van der Waals surface area contributed by atoms with Crippen LogP contribution >= 0.6 is 0 Å². The van der Waals surface area contributed by atoms with E-state index >= 15 is 0 Å². The summed E-state index contributed by atoms with van der Waals surface area (Å²) >= 11 is 0. The van der Waals surface area contributed by atoms with Gasteiger partial charge in [0.1, 0.15) is 5.75 Å². The van der Waals surface area contributed by atoms with Crippen molar-refractivity contribution in [2.24, 2.45) is 5.73 Å². The molecule has 0 fully saturated rings. The molecule has 2 aromatic rings. The summed E-state index contributed by atoms with van der Waals surface area (Å²) in [6.45, 7) is 0.380. The topological polar surface area (TPSA) is 86.2 Å². The molecular formula is C11H11F3N4O2. The molecule has 6 nitrogen and oxygen atoms in total. The van der Waals surface area contributed by atoms with Gasteiger partial charge in [-0.3, -0.25) is 0 Å². The summed E-state index contributed by atoms with van der Waals surface area (Å²) < 4.78 is 44.9. The lowest BCUT2D eigenvalue weighted by Crippen LogP contribution is -2.16. The molecule has 20 heavy (non-hydrogen) atoms. The van der Waals surface area contributed by atoms with Crippen LogP contribution in [-0.2, 0) is 6.42 Å². The lowest BCUT2D eigenvalue weighted by atomic mass is 10.3. The standard InChI is InChI=1S/C11H11F3N4O2/c12-11(13,14)20-8-3-1-7(2-4-8)16-10-18-17-9(19-10)5-6-15/h1-4H,5-6,15H2,(H,16,18). The molecule has 0 aliphatic rings. The number of hydrogen-bond donors (Lipinski definition) is 2. The van der Waals surface area contributed by atoms with Crippen LogP contribution in [0.15, 0.2) is 28.7 Å². The lowest BCUT2D eigenvalue weighted by Gasteiger charge is -2.09. The minimum Gasteiger partial charge on any atom is -0.408 e. The fraction of sp³-hybridized carbons (Fsp3) is 0.273. The van der Waals surface area contributed by atoms with Crippen LogP contribution < -0.4 is 15.8 Å². The Labute approximate surface area is 111 Å². The van der Waals surface area contributed by atoms with Crippen LogP contribution in [0.3, 0.4) is 0 Å². The molecule has 9 heteroatoms. The van der Waals surface area contributed by atoms with Gasteiger partial charge in [0, 0.05) is 18.7 Å². The van der Waals surface area contributed by atoms with E-state index in [0.717, 1.165) is 0 Å². The summed E-state index contributed by atoms with van der Waals surface area (Å²) in [4.78, 5) is 0. The van der Waals surface area contributed by atoms with Crippen LogP contribution in [0.1, 0.15) is 5.89 Å². The summed E-state index contributed by atoms with van der Waals surface area (Å²) in [7, 11) is 0. The van der Waals surface area contributed by atoms with Crippen LogP contribution in [0.4, 0.5) is 24.9 Å². The van der Waals surface area contributed by atoms with Gasteiger partial charge < -0.3 is 20.2 Å². The number of rotatable bonds is 5. The molecule has 0 bridgehead atoms. The quantitative estimate of drug-likeness (QED) is 0.877. The van der Waals surface area contributed by atoms with Crippen LogP contribution in [0.25, 0.3) is 0 Å². The fourth-order valence-corrected chi connectivity index (χ4v) is 1.39. The van der Waals surface area contributed by atoms with Gasteiger partial charge in [0.05, 0.1) is 0 Å². The molecule has 0 spiro atoms. The second kappa shape index (κ2) is 5.78. The summed E-state index contributed by atoms with van der Waals surface area (Å²) in [5.74, 6) is 0.0735. The number of nitrogens with zero attached hydrogens (tertiary/aromatic N) is 2. The van der Waals surface area contributed by atoms with E-state index in [1.165, 1.54) is 24.3 Å². The van der Waals surface area contributed by atoms with Gasteiger partial charge >= 0.3 is 12.4 Å². The molecule has 0 radical (unpaired) electrons. The van der Waals surface area contributed by atoms with Gasteiger partial charge in [-0.25, -0.2) is 0 Å². The normalized spacial score (nSPS) is 11.4. The summed E-state index contributed by atoms with van der Waals surface area (Å²) in [6, 6.07) is 5.28. The largest absolute Gasteiger partial charge is 0.573 e. The van der Waals surface area contributed by atoms with Crippen molar-refractivity contribution in [2.45, 2.75) is 12.8 Å². The van der Waals surface area contributed by atoms with Gasteiger partial charge in [-0.05, 0) is 24.3 Å². The fourth-order valence-electron chi connectivity index (χ4n) is 1.39. The molecule has 108 valence electrons. The Kier molecular flexibility index (Phi) is 4.08. The highest BCUT2D eigenvalue weighted by Gasteiger charge is 2.30. The van der Waals surface area contributed by atoms with Crippen LogP contribution in [0, 0.1) is 0 Å². The van der Waals surface area contributed by atoms with Crippen LogP contribution in [-0.4, -0.2) is 23.1 Å². The first kappa shape index (κ1) is 14.1. The van der Waals surface area contributed by atoms with Crippen molar-refractivity contribution in [3.8, 4) is 5.75 Å². The highest BCUT2D eigenvalue weighted by molar-refractivity contribution is 5.53. The van der Waals surface area contributed by atoms with Crippen molar-refractivity contribution in [1.82, 2.24) is 10.2 Å². The number of benzene rings is 1. The highest BCUT2D eigenvalue weighted by Crippen LogP contribution is 2.25. The van der Waals surface area contributed by atoms with E-state index in [9.17, 15) is 13.2 Å². The minimum absolute atomic E-state index is 0.137. The zero-order valence-electron chi connectivity index (χ0n) is 10.1. The molecule has 0 amide bonds. The molecular weight excluding hydrogens is 277 g/mol. The zero-order valence-corrected chi connectivity index (χ0v) is 10.1. The van der Waals surface area contributed by atoms with E-state index in [-0.39, 0.29) is 11.8 Å². The number of anilines is 2. The van der Waals surface area contributed by atoms with Gasteiger partial charge in [-0.1, -0.05) is 5.10 Å². The van der Waals surface area contributed by atoms with E-state index in [0.29, 0.717) is 24.5 Å². The van der Waals surface area contributed by atoms with Crippen molar-refractivity contribution >= 4 is 11.7 Å². The number of aromatic nitrogens is 2. The molecule has 0 aliphatic carbocycles. The maximum atomic E-state index is 12.0. The molecule has 0 unspecified atom stereocenters. The minimum atomic E-state index is -4.71. The Morgan fingerprint density at radius 3 is 2.50 bits per heavy atom. The monoisotopic (exact) mass is 288 g/mol. The Morgan fingerprint density at radius 1 is 1.20 bits per heavy atom. The lowest BCUT2D eigenvalue weighted by molar-refractivity contribution is -0.274. The van der Waals surface area contributed by atoms with Crippen molar-refractivity contribution in [3.63, 3.8) is 0 Å². The summed E-state index contributed by atoms with van der Waals surface area (Å²) in [5, 5.41) is 10.2. The van der Waals surface area contributed by atoms with Gasteiger partial charge in [0.2, 0.25) is 5.89 Å². The third-order valence-corrected chi connectivity index (χ3v) is 2.16. The van der Waals surface area contributed by atoms with Gasteiger partial charge in [0.25, 0.3) is 0 Å². The van der Waals surface area contributed by atoms with Crippen LogP contribution in [0.5, 0.6) is 5.75 Å². The number of nitrogens with one attached hydrogen (secondary N) is 1. The molecule has 1 aromatic heterocycles. The Balaban J connectivity index is 1.99. The zero-order chi connectivity index (χ0) is 14.6. The average molecular weight is 288 g/mol. The summed E-state index contributed by atoms with van der Waals surface area (Å²) in [6.07, 6.45) is -4.26. The van der Waals surface area contributed by atoms with Crippen molar-refractivity contribution in [3.05, 3.63) is 30.2 Å². The SMILES string of the molecule is NCCc1nnc(Nc2ccc(OC(F)(F)F)cc2)o1. The predicted molar refractivity (Wildman–Crippen MR) is 63.5 cm³/mol. The molecule has 0 atom stereocenters. The first-order chi connectivity index (χ1) is 9.46. The third-order valence-electron chi connectivity index (χ3n) is 2.16. The Bertz CT molecular complexity index is 554. The molecule has 2 rings (SSSR count). The van der Waals surface area contributed by atoms with Gasteiger partial charge in [-0.15, -0.1) is 18.3 Å². The maximum Gasteiger partial charge on any atom is 0.573 e. The van der Waals surface area contributed by atoms with E-state index < -0.39 is 6.36 Å². The van der Waals surface area contributed by atoms with E-state index in [1.807, 2.05) is 0 Å². The molecule has 0 saturated heterocycles. The number of nitrogens with two attached hydrogens (primary N) is 1. The summed E-state index contributed by atoms with van der Waals surface area (Å²) in [5.41, 5.74) is 5.82. The van der Waals surface area contributed by atoms with Gasteiger partial charge in [-0.2, -0.15) is 0 Å². The first-order valence-electron chi connectivity index (χ1n) is 5.61. The van der Waals surface area contributed by atoms with Crippen molar-refractivity contribution < 1.29 is 22.3 Å².